The third-order valence-electron chi connectivity index (χ3n) is 3.60. The van der Waals surface area contributed by atoms with E-state index >= 15 is 0 Å². The topological polar surface area (TPSA) is 29.5 Å². The fraction of sp³-hybridized carbons (Fsp3) is 0.333. The molecule has 0 aliphatic heterocycles. The second-order valence-electron chi connectivity index (χ2n) is 4.86. The van der Waals surface area contributed by atoms with Gasteiger partial charge in [0, 0.05) is 21.4 Å². The van der Waals surface area contributed by atoms with Gasteiger partial charge < -0.3 is 9.84 Å². The number of fused-ring (bicyclic) bond motifs is 1. The highest BCUT2D eigenvalue weighted by molar-refractivity contribution is 7.12. The Balaban J connectivity index is 1.97. The molecule has 2 aromatic rings. The van der Waals surface area contributed by atoms with E-state index in [1.807, 2.05) is 0 Å². The molecule has 0 spiro atoms. The number of benzene rings is 1. The van der Waals surface area contributed by atoms with Crippen LogP contribution in [0, 0.1) is 0 Å². The molecule has 1 aliphatic carbocycles. The van der Waals surface area contributed by atoms with Gasteiger partial charge >= 0.3 is 0 Å². The first-order valence-electron chi connectivity index (χ1n) is 6.42. The number of ether oxygens (including phenoxy) is 1. The molecule has 1 atom stereocenters. The van der Waals surface area contributed by atoms with Crippen molar-refractivity contribution in [3.05, 3.63) is 49.1 Å². The highest BCUT2D eigenvalue weighted by Crippen LogP contribution is 2.40. The summed E-state index contributed by atoms with van der Waals surface area (Å²) in [4.78, 5) is 2.31. The van der Waals surface area contributed by atoms with E-state index in [0.29, 0.717) is 21.4 Å². The van der Waals surface area contributed by atoms with Gasteiger partial charge in [-0.1, -0.05) is 23.2 Å². The molecule has 1 N–H and O–H groups in total. The normalized spacial score (nSPS) is 15.2. The van der Waals surface area contributed by atoms with Gasteiger partial charge in [-0.25, -0.2) is 0 Å². The summed E-state index contributed by atoms with van der Waals surface area (Å²) in [5, 5.41) is 11.5. The van der Waals surface area contributed by atoms with Crippen molar-refractivity contribution in [2.75, 3.05) is 7.11 Å². The van der Waals surface area contributed by atoms with Crippen LogP contribution in [0.25, 0.3) is 0 Å². The van der Waals surface area contributed by atoms with Crippen LogP contribution in [0.2, 0.25) is 10.0 Å². The van der Waals surface area contributed by atoms with Crippen molar-refractivity contribution in [2.45, 2.75) is 25.4 Å². The summed E-state index contributed by atoms with van der Waals surface area (Å²) < 4.78 is 5.12. The average Bonchev–Trinajstić information content (AvgIpc) is 3.01. The summed E-state index contributed by atoms with van der Waals surface area (Å²) in [7, 11) is 1.54. The first-order valence-corrected chi connectivity index (χ1v) is 8.00. The predicted octanol–water partition coefficient (Wildman–Crippen LogP) is 4.63. The zero-order valence-corrected chi connectivity index (χ0v) is 13.3. The van der Waals surface area contributed by atoms with Crippen molar-refractivity contribution in [1.29, 1.82) is 0 Å². The number of rotatable bonds is 3. The molecule has 20 heavy (non-hydrogen) atoms. The molecule has 2 nitrogen and oxygen atoms in total. The second-order valence-corrected chi connectivity index (χ2v) is 6.84. The molecule has 0 saturated carbocycles. The van der Waals surface area contributed by atoms with Gasteiger partial charge in [-0.15, -0.1) is 11.3 Å². The van der Waals surface area contributed by atoms with Gasteiger partial charge in [0.15, 0.2) is 0 Å². The Hall–Kier alpha value is -0.740. The summed E-state index contributed by atoms with van der Waals surface area (Å²) in [6.45, 7) is 0. The highest BCUT2D eigenvalue weighted by atomic mass is 35.5. The molecule has 0 fully saturated rings. The fourth-order valence-corrected chi connectivity index (χ4v) is 4.32. The molecule has 3 rings (SSSR count). The molecule has 0 amide bonds. The number of aryl methyl sites for hydroxylation is 2. The zero-order valence-electron chi connectivity index (χ0n) is 11.0. The number of aliphatic hydroxyl groups excluding tert-OH is 1. The van der Waals surface area contributed by atoms with Crippen molar-refractivity contribution < 1.29 is 9.84 Å². The van der Waals surface area contributed by atoms with E-state index in [1.54, 1.807) is 23.5 Å². The monoisotopic (exact) mass is 328 g/mol. The molecule has 0 bridgehead atoms. The molecule has 0 saturated heterocycles. The molecule has 1 aliphatic rings. The van der Waals surface area contributed by atoms with Crippen molar-refractivity contribution >= 4 is 34.5 Å². The van der Waals surface area contributed by atoms with Crippen LogP contribution in [-0.4, -0.2) is 12.2 Å². The van der Waals surface area contributed by atoms with E-state index < -0.39 is 6.10 Å². The van der Waals surface area contributed by atoms with E-state index in [0.717, 1.165) is 17.7 Å². The number of methoxy groups -OCH3 is 1. The van der Waals surface area contributed by atoms with Crippen LogP contribution in [-0.2, 0) is 12.8 Å². The Kier molecular flexibility index (Phi) is 3.95. The SMILES string of the molecule is COc1cc(Cl)c(C(O)c2cc3c(s2)CCC3)cc1Cl. The summed E-state index contributed by atoms with van der Waals surface area (Å²) in [5.74, 6) is 0.515. The highest BCUT2D eigenvalue weighted by Gasteiger charge is 2.22. The summed E-state index contributed by atoms with van der Waals surface area (Å²) in [6.07, 6.45) is 2.70. The Morgan fingerprint density at radius 3 is 2.70 bits per heavy atom. The minimum absolute atomic E-state index is 0.454. The van der Waals surface area contributed by atoms with E-state index in [1.165, 1.54) is 24.0 Å². The molecule has 5 heteroatoms. The molecule has 1 aromatic carbocycles. The van der Waals surface area contributed by atoms with E-state index in [-0.39, 0.29) is 0 Å². The van der Waals surface area contributed by atoms with Gasteiger partial charge in [0.1, 0.15) is 11.9 Å². The van der Waals surface area contributed by atoms with E-state index in [4.69, 9.17) is 27.9 Å². The van der Waals surface area contributed by atoms with Crippen LogP contribution in [0.1, 0.15) is 33.4 Å². The van der Waals surface area contributed by atoms with Crippen molar-refractivity contribution in [2.24, 2.45) is 0 Å². The molecular weight excluding hydrogens is 315 g/mol. The van der Waals surface area contributed by atoms with Crippen molar-refractivity contribution in [1.82, 2.24) is 0 Å². The lowest BCUT2D eigenvalue weighted by Crippen LogP contribution is -1.99. The Bertz CT molecular complexity index is 630. The Morgan fingerprint density at radius 2 is 2.00 bits per heavy atom. The van der Waals surface area contributed by atoms with Crippen LogP contribution in [0.4, 0.5) is 0 Å². The van der Waals surface area contributed by atoms with E-state index in [2.05, 4.69) is 6.07 Å². The maximum Gasteiger partial charge on any atom is 0.138 e. The van der Waals surface area contributed by atoms with Gasteiger partial charge in [-0.2, -0.15) is 0 Å². The minimum Gasteiger partial charge on any atom is -0.495 e. The van der Waals surface area contributed by atoms with Crippen molar-refractivity contribution in [3.63, 3.8) is 0 Å². The number of hydrogen-bond donors (Lipinski definition) is 1. The van der Waals surface area contributed by atoms with Crippen LogP contribution in [0.3, 0.4) is 0 Å². The number of hydrogen-bond acceptors (Lipinski definition) is 3. The molecule has 1 aromatic heterocycles. The third kappa shape index (κ3) is 2.44. The summed E-state index contributed by atoms with van der Waals surface area (Å²) in [5.41, 5.74) is 1.98. The van der Waals surface area contributed by atoms with Crippen LogP contribution in [0.15, 0.2) is 18.2 Å². The predicted molar refractivity (Wildman–Crippen MR) is 83.4 cm³/mol. The molecule has 1 unspecified atom stereocenters. The second kappa shape index (κ2) is 5.57. The first kappa shape index (κ1) is 14.2. The van der Waals surface area contributed by atoms with Gasteiger partial charge in [0.2, 0.25) is 0 Å². The lowest BCUT2D eigenvalue weighted by molar-refractivity contribution is 0.224. The van der Waals surface area contributed by atoms with Crippen LogP contribution >= 0.6 is 34.5 Å². The average molecular weight is 329 g/mol. The number of aliphatic hydroxyl groups is 1. The lowest BCUT2D eigenvalue weighted by Gasteiger charge is -2.13. The largest absolute Gasteiger partial charge is 0.495 e. The first-order chi connectivity index (χ1) is 9.60. The molecule has 0 radical (unpaired) electrons. The zero-order chi connectivity index (χ0) is 14.3. The molecule has 1 heterocycles. The van der Waals surface area contributed by atoms with Gasteiger partial charge in [-0.3, -0.25) is 0 Å². The van der Waals surface area contributed by atoms with Crippen molar-refractivity contribution in [3.8, 4) is 5.75 Å². The van der Waals surface area contributed by atoms with Gasteiger partial charge in [-0.05, 0) is 37.0 Å². The quantitative estimate of drug-likeness (QED) is 0.889. The standard InChI is InChI=1S/C15H14Cl2O2S/c1-19-12-7-10(16)9(6-11(12)17)15(18)14-5-8-3-2-4-13(8)20-14/h5-7,15,18H,2-4H2,1H3. The van der Waals surface area contributed by atoms with Crippen LogP contribution < -0.4 is 4.74 Å². The van der Waals surface area contributed by atoms with Gasteiger partial charge in [0.05, 0.1) is 17.2 Å². The Morgan fingerprint density at radius 1 is 1.20 bits per heavy atom. The van der Waals surface area contributed by atoms with Crippen LogP contribution in [0.5, 0.6) is 5.75 Å². The maximum atomic E-state index is 10.5. The maximum absolute atomic E-state index is 10.5. The molecule has 106 valence electrons. The third-order valence-corrected chi connectivity index (χ3v) is 5.51. The van der Waals surface area contributed by atoms with Gasteiger partial charge in [0.25, 0.3) is 0 Å². The molecular formula is C15H14Cl2O2S. The number of halogens is 2. The Labute approximate surface area is 131 Å². The summed E-state index contributed by atoms with van der Waals surface area (Å²) >= 11 is 14.0. The fourth-order valence-electron chi connectivity index (χ4n) is 2.55. The van der Waals surface area contributed by atoms with E-state index in [9.17, 15) is 5.11 Å². The lowest BCUT2D eigenvalue weighted by atomic mass is 10.1. The number of thiophene rings is 1. The minimum atomic E-state index is -0.735. The summed E-state index contributed by atoms with van der Waals surface area (Å²) in [6, 6.07) is 5.41. The smallest absolute Gasteiger partial charge is 0.138 e.